The number of ether oxygens (including phenoxy) is 1. The van der Waals surface area contributed by atoms with Gasteiger partial charge in [-0.1, -0.05) is 107 Å². The summed E-state index contributed by atoms with van der Waals surface area (Å²) >= 11 is 0. The zero-order chi connectivity index (χ0) is 21.4. The first-order valence-corrected chi connectivity index (χ1v) is 11.1. The second-order valence-electron chi connectivity index (χ2n) is 9.80. The maximum absolute atomic E-state index is 6.60. The molecule has 0 saturated heterocycles. The van der Waals surface area contributed by atoms with Crippen molar-refractivity contribution < 1.29 is 4.74 Å². The molecule has 4 aromatic carbocycles. The third kappa shape index (κ3) is 2.38. The van der Waals surface area contributed by atoms with E-state index in [2.05, 4.69) is 113 Å². The van der Waals surface area contributed by atoms with Crippen LogP contribution in [0.25, 0.3) is 22.3 Å². The summed E-state index contributed by atoms with van der Waals surface area (Å²) in [5.41, 5.74) is 10.2. The summed E-state index contributed by atoms with van der Waals surface area (Å²) in [6.07, 6.45) is 0. The third-order valence-electron chi connectivity index (χ3n) is 7.33. The summed E-state index contributed by atoms with van der Waals surface area (Å²) in [6, 6.07) is 30.6. The van der Waals surface area contributed by atoms with Gasteiger partial charge in [0.15, 0.2) is 0 Å². The molecule has 2 aliphatic rings. The molecular formula is C30H26O. The average molecular weight is 403 g/mol. The molecule has 0 bridgehead atoms. The van der Waals surface area contributed by atoms with Gasteiger partial charge in [-0.3, -0.25) is 0 Å². The summed E-state index contributed by atoms with van der Waals surface area (Å²) < 4.78 is 6.60. The van der Waals surface area contributed by atoms with E-state index in [4.69, 9.17) is 4.74 Å². The van der Waals surface area contributed by atoms with E-state index in [1.54, 1.807) is 0 Å². The zero-order valence-electron chi connectivity index (χ0n) is 18.5. The standard InChI is InChI=1S/C30H26O/c1-29(2)24-16-7-8-18-26(24)31-28-22(14-10-17-25(28)29)21-13-9-12-20-19-11-5-6-15-23(19)30(3,4)27(20)21/h5-18H,1-4H3. The van der Waals surface area contributed by atoms with Gasteiger partial charge in [-0.05, 0) is 33.9 Å². The van der Waals surface area contributed by atoms with Crippen molar-refractivity contribution in [3.05, 3.63) is 107 Å². The minimum absolute atomic E-state index is 0.0622. The fraction of sp³-hybridized carbons (Fsp3) is 0.200. The van der Waals surface area contributed by atoms with Crippen LogP contribution in [0.4, 0.5) is 0 Å². The Morgan fingerprint density at radius 1 is 0.484 bits per heavy atom. The normalized spacial score (nSPS) is 16.5. The van der Waals surface area contributed by atoms with Crippen LogP contribution < -0.4 is 4.74 Å². The largest absolute Gasteiger partial charge is 0.456 e. The summed E-state index contributed by atoms with van der Waals surface area (Å²) in [5, 5.41) is 0. The lowest BCUT2D eigenvalue weighted by Gasteiger charge is -2.36. The van der Waals surface area contributed by atoms with E-state index >= 15 is 0 Å². The molecule has 0 radical (unpaired) electrons. The lowest BCUT2D eigenvalue weighted by molar-refractivity contribution is 0.419. The smallest absolute Gasteiger partial charge is 0.139 e. The monoisotopic (exact) mass is 402 g/mol. The highest BCUT2D eigenvalue weighted by molar-refractivity contribution is 5.90. The number of fused-ring (bicyclic) bond motifs is 5. The van der Waals surface area contributed by atoms with Gasteiger partial charge in [0.1, 0.15) is 11.5 Å². The minimum Gasteiger partial charge on any atom is -0.456 e. The van der Waals surface area contributed by atoms with Crippen molar-refractivity contribution in [2.75, 3.05) is 0 Å². The molecule has 0 spiro atoms. The summed E-state index contributed by atoms with van der Waals surface area (Å²) in [5.74, 6) is 1.95. The highest BCUT2D eigenvalue weighted by Crippen LogP contribution is 2.56. The maximum atomic E-state index is 6.60. The Bertz CT molecular complexity index is 1360. The van der Waals surface area contributed by atoms with Crippen LogP contribution >= 0.6 is 0 Å². The fourth-order valence-electron chi connectivity index (χ4n) is 5.75. The second kappa shape index (κ2) is 6.11. The van der Waals surface area contributed by atoms with E-state index in [0.717, 1.165) is 11.5 Å². The second-order valence-corrected chi connectivity index (χ2v) is 9.80. The highest BCUT2D eigenvalue weighted by atomic mass is 16.5. The molecule has 1 heteroatoms. The summed E-state index contributed by atoms with van der Waals surface area (Å²) in [6.45, 7) is 9.28. The van der Waals surface area contributed by atoms with Crippen molar-refractivity contribution >= 4 is 0 Å². The van der Waals surface area contributed by atoms with Crippen LogP contribution in [-0.4, -0.2) is 0 Å². The molecule has 31 heavy (non-hydrogen) atoms. The molecule has 1 aliphatic carbocycles. The maximum Gasteiger partial charge on any atom is 0.139 e. The van der Waals surface area contributed by atoms with Gasteiger partial charge in [0, 0.05) is 27.5 Å². The Morgan fingerprint density at radius 2 is 1.03 bits per heavy atom. The lowest BCUT2D eigenvalue weighted by atomic mass is 9.73. The van der Waals surface area contributed by atoms with Gasteiger partial charge in [-0.25, -0.2) is 0 Å². The molecule has 1 heterocycles. The van der Waals surface area contributed by atoms with Crippen molar-refractivity contribution in [1.82, 2.24) is 0 Å². The quantitative estimate of drug-likeness (QED) is 0.312. The molecule has 4 aromatic rings. The van der Waals surface area contributed by atoms with E-state index in [0.29, 0.717) is 0 Å². The molecule has 1 aliphatic heterocycles. The van der Waals surface area contributed by atoms with Crippen molar-refractivity contribution in [3.8, 4) is 33.8 Å². The average Bonchev–Trinajstić information content (AvgIpc) is 3.01. The molecule has 0 aromatic heterocycles. The van der Waals surface area contributed by atoms with Crippen LogP contribution in [0, 0.1) is 0 Å². The molecule has 0 saturated carbocycles. The number of rotatable bonds is 1. The molecule has 0 N–H and O–H groups in total. The Labute approximate surface area is 184 Å². The van der Waals surface area contributed by atoms with Crippen molar-refractivity contribution in [1.29, 1.82) is 0 Å². The summed E-state index contributed by atoms with van der Waals surface area (Å²) in [7, 11) is 0. The molecule has 0 unspecified atom stereocenters. The van der Waals surface area contributed by atoms with Gasteiger partial charge in [0.2, 0.25) is 0 Å². The van der Waals surface area contributed by atoms with Gasteiger partial charge < -0.3 is 4.74 Å². The predicted octanol–water partition coefficient (Wildman–Crippen LogP) is 8.09. The lowest BCUT2D eigenvalue weighted by Crippen LogP contribution is -2.24. The van der Waals surface area contributed by atoms with Gasteiger partial charge >= 0.3 is 0 Å². The molecule has 6 rings (SSSR count). The molecule has 0 amide bonds. The Morgan fingerprint density at radius 3 is 1.84 bits per heavy atom. The minimum atomic E-state index is -0.114. The SMILES string of the molecule is CC1(C)c2ccccc2Oc2c(-c3cccc4c3C(C)(C)c3ccccc3-4)cccc21. The Kier molecular flexibility index (Phi) is 3.63. The summed E-state index contributed by atoms with van der Waals surface area (Å²) in [4.78, 5) is 0. The molecule has 0 fully saturated rings. The van der Waals surface area contributed by atoms with E-state index < -0.39 is 0 Å². The first-order chi connectivity index (χ1) is 14.9. The Balaban J connectivity index is 1.63. The van der Waals surface area contributed by atoms with Crippen LogP contribution in [-0.2, 0) is 10.8 Å². The van der Waals surface area contributed by atoms with Gasteiger partial charge in [0.25, 0.3) is 0 Å². The van der Waals surface area contributed by atoms with Crippen molar-refractivity contribution in [2.45, 2.75) is 38.5 Å². The molecule has 0 atom stereocenters. The first-order valence-electron chi connectivity index (χ1n) is 11.1. The number of hydrogen-bond donors (Lipinski definition) is 0. The number of benzene rings is 4. The van der Waals surface area contributed by atoms with E-state index in [1.807, 2.05) is 0 Å². The van der Waals surface area contributed by atoms with E-state index in [-0.39, 0.29) is 10.8 Å². The van der Waals surface area contributed by atoms with Gasteiger partial charge in [-0.2, -0.15) is 0 Å². The van der Waals surface area contributed by atoms with Crippen molar-refractivity contribution in [3.63, 3.8) is 0 Å². The van der Waals surface area contributed by atoms with Crippen molar-refractivity contribution in [2.24, 2.45) is 0 Å². The van der Waals surface area contributed by atoms with Crippen LogP contribution in [0.5, 0.6) is 11.5 Å². The van der Waals surface area contributed by atoms with Gasteiger partial charge in [0.05, 0.1) is 0 Å². The van der Waals surface area contributed by atoms with Crippen LogP contribution in [0.15, 0.2) is 84.9 Å². The van der Waals surface area contributed by atoms with E-state index in [9.17, 15) is 0 Å². The van der Waals surface area contributed by atoms with Crippen LogP contribution in [0.3, 0.4) is 0 Å². The number of hydrogen-bond acceptors (Lipinski definition) is 1. The first kappa shape index (κ1) is 18.4. The Hall–Kier alpha value is -3.32. The fourth-order valence-corrected chi connectivity index (χ4v) is 5.75. The number of para-hydroxylation sites is 2. The highest BCUT2D eigenvalue weighted by Gasteiger charge is 2.39. The van der Waals surface area contributed by atoms with Crippen LogP contribution in [0.2, 0.25) is 0 Å². The van der Waals surface area contributed by atoms with Gasteiger partial charge in [-0.15, -0.1) is 0 Å². The topological polar surface area (TPSA) is 9.23 Å². The zero-order valence-corrected chi connectivity index (χ0v) is 18.5. The molecular weight excluding hydrogens is 376 g/mol. The third-order valence-corrected chi connectivity index (χ3v) is 7.33. The molecule has 152 valence electrons. The predicted molar refractivity (Wildman–Crippen MR) is 128 cm³/mol. The molecule has 1 nitrogen and oxygen atoms in total. The van der Waals surface area contributed by atoms with E-state index in [1.165, 1.54) is 44.5 Å². The van der Waals surface area contributed by atoms with Crippen LogP contribution in [0.1, 0.15) is 49.9 Å².